The maximum Gasteiger partial charge on any atom is 0.328 e. The summed E-state index contributed by atoms with van der Waals surface area (Å²) in [5.74, 6) is 0.628. The first-order valence-corrected chi connectivity index (χ1v) is 11.3. The van der Waals surface area contributed by atoms with E-state index in [4.69, 9.17) is 14.2 Å². The van der Waals surface area contributed by atoms with Gasteiger partial charge in [-0.15, -0.1) is 0 Å². The zero-order valence-electron chi connectivity index (χ0n) is 19.8. The SMILES string of the molecule is COC(=O)C1Cc2c([nH]c3ccccc23)C(c2ccc(OC)cc2)N1C(=O)c1ccc(OC)cc1. The fourth-order valence-corrected chi connectivity index (χ4v) is 4.87. The van der Waals surface area contributed by atoms with E-state index in [0.29, 0.717) is 23.5 Å². The highest BCUT2D eigenvalue weighted by Crippen LogP contribution is 2.42. The quantitative estimate of drug-likeness (QED) is 0.434. The molecule has 1 aliphatic rings. The number of H-pyrrole nitrogens is 1. The molecule has 0 fully saturated rings. The summed E-state index contributed by atoms with van der Waals surface area (Å²) in [6.45, 7) is 0. The van der Waals surface area contributed by atoms with Crippen molar-refractivity contribution in [2.75, 3.05) is 21.3 Å². The molecule has 2 unspecified atom stereocenters. The fraction of sp³-hybridized carbons (Fsp3) is 0.214. The first-order chi connectivity index (χ1) is 17.0. The Morgan fingerprint density at radius 1 is 0.857 bits per heavy atom. The smallest absolute Gasteiger partial charge is 0.328 e. The van der Waals surface area contributed by atoms with Crippen molar-refractivity contribution in [3.05, 3.63) is 95.2 Å². The van der Waals surface area contributed by atoms with Crippen LogP contribution in [0, 0.1) is 0 Å². The molecule has 2 atom stereocenters. The molecule has 0 saturated carbocycles. The number of aromatic nitrogens is 1. The lowest BCUT2D eigenvalue weighted by atomic mass is 9.87. The van der Waals surface area contributed by atoms with Gasteiger partial charge in [0.25, 0.3) is 5.91 Å². The number of benzene rings is 3. The number of hydrogen-bond donors (Lipinski definition) is 1. The summed E-state index contributed by atoms with van der Waals surface area (Å²) < 4.78 is 15.8. The summed E-state index contributed by atoms with van der Waals surface area (Å²) >= 11 is 0. The molecule has 35 heavy (non-hydrogen) atoms. The first kappa shape index (κ1) is 22.5. The van der Waals surface area contributed by atoms with Crippen LogP contribution in [0.5, 0.6) is 11.5 Å². The van der Waals surface area contributed by atoms with E-state index < -0.39 is 18.1 Å². The second-order valence-electron chi connectivity index (χ2n) is 8.42. The number of carbonyl (C=O) groups excluding carboxylic acids is 2. The number of fused-ring (bicyclic) bond motifs is 3. The second-order valence-corrected chi connectivity index (χ2v) is 8.42. The topological polar surface area (TPSA) is 80.9 Å². The molecule has 2 heterocycles. The zero-order chi connectivity index (χ0) is 24.5. The van der Waals surface area contributed by atoms with E-state index in [9.17, 15) is 9.59 Å². The molecular weight excluding hydrogens is 444 g/mol. The van der Waals surface area contributed by atoms with Crippen LogP contribution >= 0.6 is 0 Å². The molecule has 0 saturated heterocycles. The van der Waals surface area contributed by atoms with Crippen molar-refractivity contribution in [1.29, 1.82) is 0 Å². The molecule has 1 aromatic heterocycles. The van der Waals surface area contributed by atoms with Crippen molar-refractivity contribution in [2.45, 2.75) is 18.5 Å². The number of rotatable bonds is 5. The van der Waals surface area contributed by atoms with Gasteiger partial charge in [0.05, 0.1) is 27.4 Å². The predicted molar refractivity (Wildman–Crippen MR) is 132 cm³/mol. The van der Waals surface area contributed by atoms with E-state index in [1.165, 1.54) is 7.11 Å². The van der Waals surface area contributed by atoms with Gasteiger partial charge in [0, 0.05) is 28.6 Å². The van der Waals surface area contributed by atoms with Crippen molar-refractivity contribution in [3.63, 3.8) is 0 Å². The summed E-state index contributed by atoms with van der Waals surface area (Å²) in [5, 5.41) is 1.03. The number of nitrogens with zero attached hydrogens (tertiary/aromatic N) is 1. The third-order valence-corrected chi connectivity index (χ3v) is 6.61. The molecular formula is C28H26N2O5. The van der Waals surface area contributed by atoms with Gasteiger partial charge in [-0.1, -0.05) is 30.3 Å². The molecule has 1 aliphatic heterocycles. The minimum Gasteiger partial charge on any atom is -0.497 e. The predicted octanol–water partition coefficient (Wildman–Crippen LogP) is 4.51. The lowest BCUT2D eigenvalue weighted by Gasteiger charge is -2.41. The highest BCUT2D eigenvalue weighted by atomic mass is 16.5. The van der Waals surface area contributed by atoms with Crippen LogP contribution in [0.15, 0.2) is 72.8 Å². The van der Waals surface area contributed by atoms with Crippen molar-refractivity contribution < 1.29 is 23.8 Å². The van der Waals surface area contributed by atoms with Crippen LogP contribution in [-0.4, -0.2) is 49.1 Å². The van der Waals surface area contributed by atoms with Crippen LogP contribution in [0.2, 0.25) is 0 Å². The van der Waals surface area contributed by atoms with Crippen LogP contribution < -0.4 is 9.47 Å². The summed E-state index contributed by atoms with van der Waals surface area (Å²) in [5.41, 5.74) is 4.17. The number of methoxy groups -OCH3 is 3. The second kappa shape index (κ2) is 9.18. The first-order valence-electron chi connectivity index (χ1n) is 11.3. The number of carbonyl (C=O) groups is 2. The number of aromatic amines is 1. The zero-order valence-corrected chi connectivity index (χ0v) is 19.8. The van der Waals surface area contributed by atoms with E-state index in [1.807, 2.05) is 48.5 Å². The molecule has 0 radical (unpaired) electrons. The van der Waals surface area contributed by atoms with Crippen LogP contribution in [0.3, 0.4) is 0 Å². The molecule has 0 spiro atoms. The number of nitrogens with one attached hydrogen (secondary N) is 1. The van der Waals surface area contributed by atoms with Crippen molar-refractivity contribution in [3.8, 4) is 11.5 Å². The Morgan fingerprint density at radius 3 is 2.11 bits per heavy atom. The molecule has 178 valence electrons. The maximum absolute atomic E-state index is 14.0. The van der Waals surface area contributed by atoms with Crippen molar-refractivity contribution in [1.82, 2.24) is 9.88 Å². The van der Waals surface area contributed by atoms with Gasteiger partial charge in [-0.2, -0.15) is 0 Å². The molecule has 7 heteroatoms. The Balaban J connectivity index is 1.72. The molecule has 3 aromatic carbocycles. The number of esters is 1. The molecule has 4 aromatic rings. The normalized spacial score (nSPS) is 17.1. The highest BCUT2D eigenvalue weighted by Gasteiger charge is 2.44. The standard InChI is InChI=1S/C28H26N2O5/c1-33-19-12-8-17(9-13-19)26-25-22(21-6-4-5-7-23(21)29-25)16-24(28(32)35-3)30(26)27(31)18-10-14-20(34-2)15-11-18/h4-15,24,26,29H,16H2,1-3H3. The number of ether oxygens (including phenoxy) is 3. The Hall–Kier alpha value is -4.26. The van der Waals surface area contributed by atoms with Gasteiger partial charge in [-0.3, -0.25) is 4.79 Å². The Kier molecular flexibility index (Phi) is 5.91. The van der Waals surface area contributed by atoms with Crippen LogP contribution in [-0.2, 0) is 16.0 Å². The van der Waals surface area contributed by atoms with E-state index >= 15 is 0 Å². The molecule has 1 N–H and O–H groups in total. The lowest BCUT2D eigenvalue weighted by Crippen LogP contribution is -2.52. The number of amides is 1. The van der Waals surface area contributed by atoms with Gasteiger partial charge >= 0.3 is 5.97 Å². The van der Waals surface area contributed by atoms with Crippen molar-refractivity contribution >= 4 is 22.8 Å². The van der Waals surface area contributed by atoms with Crippen molar-refractivity contribution in [2.24, 2.45) is 0 Å². The average Bonchev–Trinajstić information content (AvgIpc) is 3.29. The van der Waals surface area contributed by atoms with Gasteiger partial charge < -0.3 is 24.1 Å². The monoisotopic (exact) mass is 470 g/mol. The van der Waals surface area contributed by atoms with E-state index in [1.54, 1.807) is 43.4 Å². The highest BCUT2D eigenvalue weighted by molar-refractivity contribution is 5.99. The van der Waals surface area contributed by atoms with E-state index in [-0.39, 0.29) is 5.91 Å². The van der Waals surface area contributed by atoms with Gasteiger partial charge in [-0.25, -0.2) is 4.79 Å². The third kappa shape index (κ3) is 3.89. The van der Waals surface area contributed by atoms with E-state index in [2.05, 4.69) is 4.98 Å². The fourth-order valence-electron chi connectivity index (χ4n) is 4.87. The minimum atomic E-state index is -0.798. The van der Waals surface area contributed by atoms with Gasteiger partial charge in [-0.05, 0) is 53.6 Å². The lowest BCUT2D eigenvalue weighted by molar-refractivity contribution is -0.147. The molecule has 7 nitrogen and oxygen atoms in total. The molecule has 5 rings (SSSR count). The summed E-state index contributed by atoms with van der Waals surface area (Å²) in [4.78, 5) is 32.3. The Bertz CT molecular complexity index is 1380. The number of para-hydroxylation sites is 1. The maximum atomic E-state index is 14.0. The van der Waals surface area contributed by atoms with E-state index in [0.717, 1.165) is 27.7 Å². The van der Waals surface area contributed by atoms with Crippen LogP contribution in [0.4, 0.5) is 0 Å². The largest absolute Gasteiger partial charge is 0.497 e. The third-order valence-electron chi connectivity index (χ3n) is 6.61. The summed E-state index contributed by atoms with van der Waals surface area (Å²) in [6.07, 6.45) is 0.348. The summed E-state index contributed by atoms with van der Waals surface area (Å²) in [7, 11) is 4.54. The van der Waals surface area contributed by atoms with Gasteiger partial charge in [0.15, 0.2) is 0 Å². The van der Waals surface area contributed by atoms with Crippen LogP contribution in [0.25, 0.3) is 10.9 Å². The van der Waals surface area contributed by atoms with Gasteiger partial charge in [0.1, 0.15) is 17.5 Å². The van der Waals surface area contributed by atoms with Gasteiger partial charge in [0.2, 0.25) is 0 Å². The molecule has 0 bridgehead atoms. The average molecular weight is 471 g/mol. The summed E-state index contributed by atoms with van der Waals surface area (Å²) in [6, 6.07) is 21.1. The number of hydrogen-bond acceptors (Lipinski definition) is 5. The Morgan fingerprint density at radius 2 is 1.49 bits per heavy atom. The molecule has 1 amide bonds. The Labute approximate surface area is 203 Å². The van der Waals surface area contributed by atoms with Crippen LogP contribution in [0.1, 0.15) is 33.2 Å². The minimum absolute atomic E-state index is 0.270. The molecule has 0 aliphatic carbocycles.